The Morgan fingerprint density at radius 1 is 1.34 bits per heavy atom. The highest BCUT2D eigenvalue weighted by molar-refractivity contribution is 7.89. The molecule has 2 aromatic rings. The molecule has 0 radical (unpaired) electrons. The van der Waals surface area contributed by atoms with Crippen molar-refractivity contribution in [2.75, 3.05) is 11.5 Å². The number of anilines is 1. The van der Waals surface area contributed by atoms with Crippen LogP contribution in [0.1, 0.15) is 57.2 Å². The molecule has 1 fully saturated rings. The average Bonchev–Trinajstić information content (AvgIpc) is 3.09. The van der Waals surface area contributed by atoms with Crippen LogP contribution in [0.15, 0.2) is 27.6 Å². The van der Waals surface area contributed by atoms with Crippen LogP contribution in [0.3, 0.4) is 0 Å². The largest absolute Gasteiger partial charge is 0.482 e. The molecule has 156 valence electrons. The number of hydrogen-bond acceptors (Lipinski definition) is 7. The number of hydrogen-bond donors (Lipinski definition) is 1. The van der Waals surface area contributed by atoms with E-state index in [2.05, 4.69) is 14.9 Å². The Labute approximate surface area is 169 Å². The first-order valence-electron chi connectivity index (χ1n) is 9.79. The number of benzene rings is 1. The Bertz CT molecular complexity index is 1020. The summed E-state index contributed by atoms with van der Waals surface area (Å²) in [5.41, 5.74) is 0.378. The summed E-state index contributed by atoms with van der Waals surface area (Å²) >= 11 is 0. The molecule has 0 unspecified atom stereocenters. The van der Waals surface area contributed by atoms with E-state index in [1.165, 1.54) is 17.0 Å². The van der Waals surface area contributed by atoms with Crippen molar-refractivity contribution in [3.05, 3.63) is 29.9 Å². The molecule has 1 aliphatic heterocycles. The maximum absolute atomic E-state index is 12.7. The summed E-state index contributed by atoms with van der Waals surface area (Å²) in [4.78, 5) is 18.4. The lowest BCUT2D eigenvalue weighted by Crippen LogP contribution is -2.39. The van der Waals surface area contributed by atoms with Crippen molar-refractivity contribution in [1.82, 2.24) is 14.9 Å². The van der Waals surface area contributed by atoms with Gasteiger partial charge in [-0.2, -0.15) is 4.98 Å². The van der Waals surface area contributed by atoms with Gasteiger partial charge in [-0.1, -0.05) is 18.5 Å². The number of carbonyl (C=O) groups excluding carboxylic acids is 1. The van der Waals surface area contributed by atoms with Crippen molar-refractivity contribution in [3.8, 4) is 5.75 Å². The molecule has 1 aliphatic carbocycles. The van der Waals surface area contributed by atoms with Crippen molar-refractivity contribution in [2.24, 2.45) is 0 Å². The molecule has 0 spiro atoms. The zero-order valence-corrected chi connectivity index (χ0v) is 17.2. The van der Waals surface area contributed by atoms with E-state index in [4.69, 9.17) is 9.26 Å². The fourth-order valence-electron chi connectivity index (χ4n) is 3.23. The van der Waals surface area contributed by atoms with Crippen LogP contribution in [-0.4, -0.2) is 37.1 Å². The van der Waals surface area contributed by atoms with Crippen LogP contribution in [0.2, 0.25) is 0 Å². The number of aromatic nitrogens is 2. The standard InChI is InChI=1S/C19H24N4O5S/c1-3-12(2)22-29(25,26)14-7-8-16-15(9-14)23(18(24)11-27-16)10-17-20-19(28-21-17)13-5-4-6-13/h7-9,12-13,22H,3-6,10-11H2,1-2H3/t12-/m0/s1. The smallest absolute Gasteiger partial charge is 0.265 e. The van der Waals surface area contributed by atoms with Gasteiger partial charge in [-0.05, 0) is 44.4 Å². The van der Waals surface area contributed by atoms with Gasteiger partial charge in [-0.25, -0.2) is 13.1 Å². The summed E-state index contributed by atoms with van der Waals surface area (Å²) in [5.74, 6) is 1.43. The minimum atomic E-state index is -3.72. The summed E-state index contributed by atoms with van der Waals surface area (Å²) in [6, 6.07) is 4.29. The second kappa shape index (κ2) is 7.75. The molecule has 1 aromatic carbocycles. The SMILES string of the molecule is CC[C@H](C)NS(=O)(=O)c1ccc2c(c1)N(Cc1noc(C3CCC3)n1)C(=O)CO2. The van der Waals surface area contributed by atoms with Crippen LogP contribution in [0.5, 0.6) is 5.75 Å². The Hall–Kier alpha value is -2.46. The maximum atomic E-state index is 12.7. The normalized spacial score (nSPS) is 18.1. The van der Waals surface area contributed by atoms with Crippen LogP contribution in [-0.2, 0) is 21.4 Å². The van der Waals surface area contributed by atoms with Crippen LogP contribution in [0.25, 0.3) is 0 Å². The Morgan fingerprint density at radius 2 is 2.14 bits per heavy atom. The molecule has 2 heterocycles. The van der Waals surface area contributed by atoms with E-state index in [0.717, 1.165) is 19.3 Å². The van der Waals surface area contributed by atoms with Crippen molar-refractivity contribution in [3.63, 3.8) is 0 Å². The fraction of sp³-hybridized carbons (Fsp3) is 0.526. The molecule has 1 N–H and O–H groups in total. The molecule has 0 saturated heterocycles. The van der Waals surface area contributed by atoms with E-state index in [9.17, 15) is 13.2 Å². The highest BCUT2D eigenvalue weighted by atomic mass is 32.2. The maximum Gasteiger partial charge on any atom is 0.265 e. The first-order valence-corrected chi connectivity index (χ1v) is 11.3. The first kappa shape index (κ1) is 19.8. The molecule has 1 atom stereocenters. The zero-order chi connectivity index (χ0) is 20.6. The summed E-state index contributed by atoms with van der Waals surface area (Å²) in [7, 11) is -3.72. The monoisotopic (exact) mass is 420 g/mol. The molecule has 1 saturated carbocycles. The highest BCUT2D eigenvalue weighted by Gasteiger charge is 2.31. The second-order valence-corrected chi connectivity index (χ2v) is 9.22. The van der Waals surface area contributed by atoms with E-state index in [1.807, 2.05) is 6.92 Å². The van der Waals surface area contributed by atoms with Crippen molar-refractivity contribution >= 4 is 21.6 Å². The molecule has 2 aliphatic rings. The third-order valence-corrected chi connectivity index (χ3v) is 6.98. The number of rotatable bonds is 7. The number of ether oxygens (including phenoxy) is 1. The summed E-state index contributed by atoms with van der Waals surface area (Å²) in [6.07, 6.45) is 3.88. The van der Waals surface area contributed by atoms with Gasteiger partial charge in [-0.15, -0.1) is 0 Å². The molecular weight excluding hydrogens is 396 g/mol. The molecule has 10 heteroatoms. The van der Waals surface area contributed by atoms with E-state index >= 15 is 0 Å². The molecular formula is C19H24N4O5S. The third-order valence-electron chi connectivity index (χ3n) is 5.39. The fourth-order valence-corrected chi connectivity index (χ4v) is 4.58. The number of sulfonamides is 1. The van der Waals surface area contributed by atoms with Crippen LogP contribution in [0.4, 0.5) is 5.69 Å². The van der Waals surface area contributed by atoms with Crippen LogP contribution >= 0.6 is 0 Å². The minimum absolute atomic E-state index is 0.0723. The van der Waals surface area contributed by atoms with Gasteiger partial charge in [0.2, 0.25) is 15.9 Å². The van der Waals surface area contributed by atoms with Crippen molar-refractivity contribution < 1.29 is 22.5 Å². The molecule has 1 aromatic heterocycles. The molecule has 9 nitrogen and oxygen atoms in total. The Kier molecular flexibility index (Phi) is 5.30. The van der Waals surface area contributed by atoms with E-state index in [1.54, 1.807) is 13.0 Å². The Balaban J connectivity index is 1.61. The summed E-state index contributed by atoms with van der Waals surface area (Å²) in [5, 5.41) is 3.99. The first-order chi connectivity index (χ1) is 13.9. The predicted molar refractivity (Wildman–Crippen MR) is 104 cm³/mol. The van der Waals surface area contributed by atoms with E-state index in [0.29, 0.717) is 35.5 Å². The highest BCUT2D eigenvalue weighted by Crippen LogP contribution is 2.37. The predicted octanol–water partition coefficient (Wildman–Crippen LogP) is 2.34. The van der Waals surface area contributed by atoms with Gasteiger partial charge >= 0.3 is 0 Å². The average molecular weight is 420 g/mol. The molecule has 0 bridgehead atoms. The van der Waals surface area contributed by atoms with Gasteiger partial charge in [-0.3, -0.25) is 9.69 Å². The number of nitrogens with one attached hydrogen (secondary N) is 1. The second-order valence-electron chi connectivity index (χ2n) is 7.51. The number of nitrogens with zero attached hydrogens (tertiary/aromatic N) is 3. The van der Waals surface area contributed by atoms with Crippen molar-refractivity contribution in [1.29, 1.82) is 0 Å². The van der Waals surface area contributed by atoms with Gasteiger partial charge in [0.05, 0.1) is 17.1 Å². The topological polar surface area (TPSA) is 115 Å². The lowest BCUT2D eigenvalue weighted by Gasteiger charge is -2.29. The van der Waals surface area contributed by atoms with Gasteiger partial charge < -0.3 is 9.26 Å². The third kappa shape index (κ3) is 3.99. The quantitative estimate of drug-likeness (QED) is 0.731. The number of amides is 1. The van der Waals surface area contributed by atoms with Gasteiger partial charge in [0.25, 0.3) is 5.91 Å². The minimum Gasteiger partial charge on any atom is -0.482 e. The Morgan fingerprint density at radius 3 is 2.83 bits per heavy atom. The van der Waals surface area contributed by atoms with Gasteiger partial charge in [0, 0.05) is 12.0 Å². The molecule has 29 heavy (non-hydrogen) atoms. The van der Waals surface area contributed by atoms with Crippen molar-refractivity contribution in [2.45, 2.75) is 62.9 Å². The molecule has 1 amide bonds. The van der Waals surface area contributed by atoms with Gasteiger partial charge in [0.15, 0.2) is 12.4 Å². The van der Waals surface area contributed by atoms with Gasteiger partial charge in [0.1, 0.15) is 5.75 Å². The lowest BCUT2D eigenvalue weighted by atomic mass is 9.85. The lowest BCUT2D eigenvalue weighted by molar-refractivity contribution is -0.121. The number of carbonyl (C=O) groups is 1. The number of fused-ring (bicyclic) bond motifs is 1. The van der Waals surface area contributed by atoms with Crippen LogP contribution < -0.4 is 14.4 Å². The van der Waals surface area contributed by atoms with E-state index in [-0.39, 0.29) is 30.0 Å². The summed E-state index contributed by atoms with van der Waals surface area (Å²) < 4.78 is 38.7. The molecule has 4 rings (SSSR count). The summed E-state index contributed by atoms with van der Waals surface area (Å²) in [6.45, 7) is 3.66. The van der Waals surface area contributed by atoms with E-state index < -0.39 is 10.0 Å². The van der Waals surface area contributed by atoms with Crippen LogP contribution in [0, 0.1) is 0 Å². The zero-order valence-electron chi connectivity index (χ0n) is 16.4.